The van der Waals surface area contributed by atoms with Gasteiger partial charge in [-0.15, -0.1) is 0 Å². The van der Waals surface area contributed by atoms with Crippen LogP contribution in [0.5, 0.6) is 0 Å². The number of nitrogens with one attached hydrogen (secondary N) is 1. The monoisotopic (exact) mass is 270 g/mol. The minimum Gasteiger partial charge on any atom is -0.361 e. The SMILES string of the molecule is O=C(CNc1cc(Br)ncn1)N1CCC1. The summed E-state index contributed by atoms with van der Waals surface area (Å²) in [4.78, 5) is 21.2. The lowest BCUT2D eigenvalue weighted by molar-refractivity contribution is -0.132. The van der Waals surface area contributed by atoms with E-state index < -0.39 is 0 Å². The first-order valence-electron chi connectivity index (χ1n) is 4.75. The number of rotatable bonds is 3. The van der Waals surface area contributed by atoms with E-state index in [4.69, 9.17) is 0 Å². The van der Waals surface area contributed by atoms with Gasteiger partial charge in [0.15, 0.2) is 0 Å². The van der Waals surface area contributed by atoms with E-state index in [0.717, 1.165) is 19.5 Å². The van der Waals surface area contributed by atoms with Crippen LogP contribution in [0.15, 0.2) is 17.0 Å². The van der Waals surface area contributed by atoms with Crippen LogP contribution in [0, 0.1) is 0 Å². The summed E-state index contributed by atoms with van der Waals surface area (Å²) in [5.41, 5.74) is 0. The van der Waals surface area contributed by atoms with Gasteiger partial charge in [0.25, 0.3) is 0 Å². The van der Waals surface area contributed by atoms with Crippen molar-refractivity contribution in [1.82, 2.24) is 14.9 Å². The van der Waals surface area contributed by atoms with Crippen molar-refractivity contribution < 1.29 is 4.79 Å². The molecule has 2 rings (SSSR count). The quantitative estimate of drug-likeness (QED) is 0.829. The molecule has 1 aliphatic heterocycles. The average molecular weight is 271 g/mol. The topological polar surface area (TPSA) is 58.1 Å². The number of likely N-dealkylation sites (tertiary alicyclic amines) is 1. The molecular weight excluding hydrogens is 260 g/mol. The smallest absolute Gasteiger partial charge is 0.241 e. The van der Waals surface area contributed by atoms with Gasteiger partial charge in [0, 0.05) is 19.2 Å². The Morgan fingerprint density at radius 3 is 2.93 bits per heavy atom. The second-order valence-electron chi connectivity index (χ2n) is 3.31. The molecule has 1 amide bonds. The summed E-state index contributed by atoms with van der Waals surface area (Å²) in [6.07, 6.45) is 2.56. The molecule has 2 heterocycles. The zero-order chi connectivity index (χ0) is 10.7. The molecule has 1 fully saturated rings. The average Bonchev–Trinajstić information content (AvgIpc) is 2.12. The lowest BCUT2D eigenvalue weighted by Crippen LogP contribution is -2.44. The lowest BCUT2D eigenvalue weighted by Gasteiger charge is -2.30. The molecular formula is C9H11BrN4O. The Kier molecular flexibility index (Phi) is 3.15. The molecule has 1 saturated heterocycles. The van der Waals surface area contributed by atoms with Gasteiger partial charge in [-0.05, 0) is 22.4 Å². The van der Waals surface area contributed by atoms with Gasteiger partial charge in [-0.2, -0.15) is 0 Å². The number of carbonyl (C=O) groups excluding carboxylic acids is 1. The third-order valence-electron chi connectivity index (χ3n) is 2.26. The molecule has 0 saturated carbocycles. The van der Waals surface area contributed by atoms with Crippen LogP contribution in [-0.4, -0.2) is 40.4 Å². The second-order valence-corrected chi connectivity index (χ2v) is 4.13. The largest absolute Gasteiger partial charge is 0.361 e. The highest BCUT2D eigenvalue weighted by atomic mass is 79.9. The normalized spacial score (nSPS) is 14.6. The molecule has 5 nitrogen and oxygen atoms in total. The number of amides is 1. The minimum atomic E-state index is 0.121. The van der Waals surface area contributed by atoms with Crippen LogP contribution in [0.25, 0.3) is 0 Å². The van der Waals surface area contributed by atoms with Crippen molar-refractivity contribution >= 4 is 27.7 Å². The summed E-state index contributed by atoms with van der Waals surface area (Å²) in [5, 5.41) is 2.96. The zero-order valence-electron chi connectivity index (χ0n) is 8.11. The fourth-order valence-corrected chi connectivity index (χ4v) is 1.58. The predicted molar refractivity (Wildman–Crippen MR) is 59.4 cm³/mol. The van der Waals surface area contributed by atoms with Crippen LogP contribution < -0.4 is 5.32 Å². The van der Waals surface area contributed by atoms with Crippen molar-refractivity contribution in [3.05, 3.63) is 17.0 Å². The molecule has 0 spiro atoms. The molecule has 6 heteroatoms. The van der Waals surface area contributed by atoms with Crippen LogP contribution >= 0.6 is 15.9 Å². The van der Waals surface area contributed by atoms with E-state index >= 15 is 0 Å². The van der Waals surface area contributed by atoms with Gasteiger partial charge in [-0.3, -0.25) is 4.79 Å². The number of nitrogens with zero attached hydrogens (tertiary/aromatic N) is 3. The van der Waals surface area contributed by atoms with E-state index in [0.29, 0.717) is 17.0 Å². The van der Waals surface area contributed by atoms with Gasteiger partial charge in [-0.25, -0.2) is 9.97 Å². The van der Waals surface area contributed by atoms with Gasteiger partial charge in [0.1, 0.15) is 16.7 Å². The van der Waals surface area contributed by atoms with Crippen LogP contribution in [0.3, 0.4) is 0 Å². The molecule has 0 bridgehead atoms. The minimum absolute atomic E-state index is 0.121. The molecule has 0 aliphatic carbocycles. The van der Waals surface area contributed by atoms with Crippen LogP contribution in [-0.2, 0) is 4.79 Å². The van der Waals surface area contributed by atoms with Gasteiger partial charge < -0.3 is 10.2 Å². The van der Waals surface area contributed by atoms with E-state index in [9.17, 15) is 4.79 Å². The van der Waals surface area contributed by atoms with E-state index in [2.05, 4.69) is 31.2 Å². The van der Waals surface area contributed by atoms with Crippen molar-refractivity contribution in [1.29, 1.82) is 0 Å². The fraction of sp³-hybridized carbons (Fsp3) is 0.444. The Labute approximate surface area is 96.0 Å². The summed E-state index contributed by atoms with van der Waals surface area (Å²) < 4.78 is 0.705. The van der Waals surface area contributed by atoms with Crippen molar-refractivity contribution in [2.45, 2.75) is 6.42 Å². The van der Waals surface area contributed by atoms with Crippen LogP contribution in [0.4, 0.5) is 5.82 Å². The Hall–Kier alpha value is -1.17. The molecule has 1 aromatic rings. The Balaban J connectivity index is 1.84. The van der Waals surface area contributed by atoms with Crippen molar-refractivity contribution in [2.24, 2.45) is 0 Å². The first kappa shape index (κ1) is 10.4. The van der Waals surface area contributed by atoms with Crippen molar-refractivity contribution in [3.63, 3.8) is 0 Å². The Bertz CT molecular complexity index is 367. The van der Waals surface area contributed by atoms with Gasteiger partial charge in [0.2, 0.25) is 5.91 Å². The number of aromatic nitrogens is 2. The molecule has 80 valence electrons. The maximum atomic E-state index is 11.5. The highest BCUT2D eigenvalue weighted by Gasteiger charge is 2.19. The standard InChI is InChI=1S/C9H11BrN4O/c10-7-4-8(13-6-12-7)11-5-9(15)14-2-1-3-14/h4,6H,1-3,5H2,(H,11,12,13). The molecule has 0 aromatic carbocycles. The third kappa shape index (κ3) is 2.65. The first-order valence-corrected chi connectivity index (χ1v) is 5.54. The number of halogens is 1. The number of anilines is 1. The maximum absolute atomic E-state index is 11.5. The highest BCUT2D eigenvalue weighted by molar-refractivity contribution is 9.10. The van der Waals surface area contributed by atoms with Gasteiger partial charge in [-0.1, -0.05) is 0 Å². The molecule has 1 aromatic heterocycles. The number of hydrogen-bond donors (Lipinski definition) is 1. The van der Waals surface area contributed by atoms with Crippen LogP contribution in [0.2, 0.25) is 0 Å². The summed E-state index contributed by atoms with van der Waals surface area (Å²) in [6.45, 7) is 2.06. The predicted octanol–water partition coefficient (Wildman–Crippen LogP) is 0.883. The molecule has 1 N–H and O–H groups in total. The van der Waals surface area contributed by atoms with E-state index in [1.54, 1.807) is 6.07 Å². The summed E-state index contributed by atoms with van der Waals surface area (Å²) >= 11 is 3.24. The summed E-state index contributed by atoms with van der Waals surface area (Å²) in [7, 11) is 0. The van der Waals surface area contributed by atoms with Crippen molar-refractivity contribution in [3.8, 4) is 0 Å². The van der Waals surface area contributed by atoms with Crippen molar-refractivity contribution in [2.75, 3.05) is 25.0 Å². The lowest BCUT2D eigenvalue weighted by atomic mass is 10.2. The molecule has 0 unspecified atom stereocenters. The second kappa shape index (κ2) is 4.57. The van der Waals surface area contributed by atoms with E-state index in [-0.39, 0.29) is 5.91 Å². The Morgan fingerprint density at radius 2 is 2.33 bits per heavy atom. The number of carbonyl (C=O) groups is 1. The van der Waals surface area contributed by atoms with E-state index in [1.807, 2.05) is 4.90 Å². The third-order valence-corrected chi connectivity index (χ3v) is 2.70. The Morgan fingerprint density at radius 1 is 1.53 bits per heavy atom. The first-order chi connectivity index (χ1) is 7.25. The summed E-state index contributed by atoms with van der Waals surface area (Å²) in [5.74, 6) is 0.779. The van der Waals surface area contributed by atoms with E-state index in [1.165, 1.54) is 6.33 Å². The number of hydrogen-bond acceptors (Lipinski definition) is 4. The molecule has 15 heavy (non-hydrogen) atoms. The molecule has 0 atom stereocenters. The van der Waals surface area contributed by atoms with Gasteiger partial charge in [0.05, 0.1) is 6.54 Å². The zero-order valence-corrected chi connectivity index (χ0v) is 9.70. The van der Waals surface area contributed by atoms with Crippen LogP contribution in [0.1, 0.15) is 6.42 Å². The fourth-order valence-electron chi connectivity index (χ4n) is 1.27. The maximum Gasteiger partial charge on any atom is 0.241 e. The highest BCUT2D eigenvalue weighted by Crippen LogP contribution is 2.10. The molecule has 0 radical (unpaired) electrons. The molecule has 1 aliphatic rings. The van der Waals surface area contributed by atoms with Gasteiger partial charge >= 0.3 is 0 Å². The summed E-state index contributed by atoms with van der Waals surface area (Å²) in [6, 6.07) is 1.74.